The molecule has 0 aliphatic heterocycles. The third-order valence-electron chi connectivity index (χ3n) is 3.75. The fraction of sp³-hybridized carbons (Fsp3) is 0.0556. The van der Waals surface area contributed by atoms with Crippen molar-refractivity contribution < 1.29 is 14.8 Å². The predicted molar refractivity (Wildman–Crippen MR) is 90.5 cm³/mol. The Labute approximate surface area is 137 Å². The average Bonchev–Trinajstić information content (AvgIpc) is 2.91. The molecule has 3 aromatic rings. The van der Waals surface area contributed by atoms with E-state index in [1.165, 1.54) is 6.08 Å². The topological polar surface area (TPSA) is 85.4 Å². The third kappa shape index (κ3) is 3.17. The van der Waals surface area contributed by atoms with E-state index in [0.29, 0.717) is 6.54 Å². The van der Waals surface area contributed by atoms with Gasteiger partial charge in [0.2, 0.25) is 6.20 Å². The smallest absolute Gasteiger partial charge is 0.335 e. The van der Waals surface area contributed by atoms with Gasteiger partial charge in [0.05, 0.1) is 10.5 Å². The number of benzene rings is 2. The van der Waals surface area contributed by atoms with Crippen molar-refractivity contribution in [2.24, 2.45) is 0 Å². The summed E-state index contributed by atoms with van der Waals surface area (Å²) in [4.78, 5) is 21.0. The number of carboxylic acid groups (broad SMARTS) is 1. The average molecular weight is 322 g/mol. The molecule has 0 spiro atoms. The van der Waals surface area contributed by atoms with Gasteiger partial charge in [-0.3, -0.25) is 10.1 Å². The molecule has 6 heteroatoms. The van der Waals surface area contributed by atoms with Gasteiger partial charge in [-0.1, -0.05) is 30.3 Å². The van der Waals surface area contributed by atoms with E-state index in [-0.39, 0.29) is 5.56 Å². The molecule has 0 fully saturated rings. The Kier molecular flexibility index (Phi) is 4.11. The molecular formula is C18H14N2O4. The number of aromatic carboxylic acids is 1. The van der Waals surface area contributed by atoms with E-state index in [4.69, 9.17) is 5.11 Å². The van der Waals surface area contributed by atoms with E-state index in [0.717, 1.165) is 28.4 Å². The highest BCUT2D eigenvalue weighted by Gasteiger charge is 2.09. The van der Waals surface area contributed by atoms with Gasteiger partial charge in [0, 0.05) is 29.2 Å². The third-order valence-corrected chi connectivity index (χ3v) is 3.75. The summed E-state index contributed by atoms with van der Waals surface area (Å²) >= 11 is 0. The highest BCUT2D eigenvalue weighted by atomic mass is 16.6. The van der Waals surface area contributed by atoms with Gasteiger partial charge < -0.3 is 9.67 Å². The van der Waals surface area contributed by atoms with Crippen LogP contribution in [-0.2, 0) is 6.54 Å². The molecular weight excluding hydrogens is 308 g/mol. The van der Waals surface area contributed by atoms with Crippen molar-refractivity contribution in [3.63, 3.8) is 0 Å². The second-order valence-electron chi connectivity index (χ2n) is 5.32. The summed E-state index contributed by atoms with van der Waals surface area (Å²) in [6.45, 7) is 0.491. The first-order valence-corrected chi connectivity index (χ1v) is 7.27. The van der Waals surface area contributed by atoms with Crippen LogP contribution in [0.5, 0.6) is 0 Å². The Bertz CT molecular complexity index is 939. The van der Waals surface area contributed by atoms with Crippen LogP contribution in [0.15, 0.2) is 60.8 Å². The van der Waals surface area contributed by atoms with Gasteiger partial charge in [-0.15, -0.1) is 0 Å². The van der Waals surface area contributed by atoms with Crippen molar-refractivity contribution in [2.45, 2.75) is 6.54 Å². The lowest BCUT2D eigenvalue weighted by atomic mass is 10.1. The van der Waals surface area contributed by atoms with Crippen molar-refractivity contribution in [2.75, 3.05) is 0 Å². The summed E-state index contributed by atoms with van der Waals surface area (Å²) in [6, 6.07) is 16.2. The number of aromatic nitrogens is 1. The molecule has 3 rings (SSSR count). The molecule has 120 valence electrons. The molecule has 1 heterocycles. The van der Waals surface area contributed by atoms with Crippen molar-refractivity contribution >= 4 is 22.9 Å². The van der Waals surface area contributed by atoms with E-state index in [1.807, 2.05) is 34.9 Å². The monoisotopic (exact) mass is 322 g/mol. The molecule has 0 unspecified atom stereocenters. The van der Waals surface area contributed by atoms with Crippen LogP contribution in [0.4, 0.5) is 0 Å². The number of fused-ring (bicyclic) bond motifs is 1. The van der Waals surface area contributed by atoms with Crippen molar-refractivity contribution in [1.82, 2.24) is 4.57 Å². The molecule has 6 nitrogen and oxygen atoms in total. The number of rotatable bonds is 5. The zero-order valence-corrected chi connectivity index (χ0v) is 12.6. The van der Waals surface area contributed by atoms with Gasteiger partial charge in [-0.25, -0.2) is 4.79 Å². The summed E-state index contributed by atoms with van der Waals surface area (Å²) in [5.41, 5.74) is 2.82. The van der Waals surface area contributed by atoms with Gasteiger partial charge in [0.1, 0.15) is 0 Å². The van der Waals surface area contributed by atoms with Crippen molar-refractivity contribution in [1.29, 1.82) is 0 Å². The largest absolute Gasteiger partial charge is 0.478 e. The molecule has 0 saturated carbocycles. The Hall–Kier alpha value is -3.41. The molecule has 0 amide bonds. The maximum Gasteiger partial charge on any atom is 0.335 e. The number of hydrogen-bond donors (Lipinski definition) is 1. The van der Waals surface area contributed by atoms with Gasteiger partial charge in [0.15, 0.2) is 0 Å². The van der Waals surface area contributed by atoms with E-state index >= 15 is 0 Å². The maximum atomic E-state index is 10.9. The number of para-hydroxylation sites is 1. The van der Waals surface area contributed by atoms with Crippen LogP contribution < -0.4 is 0 Å². The summed E-state index contributed by atoms with van der Waals surface area (Å²) in [7, 11) is 0. The zero-order valence-electron chi connectivity index (χ0n) is 12.6. The zero-order chi connectivity index (χ0) is 17.1. The van der Waals surface area contributed by atoms with Gasteiger partial charge in [0.25, 0.3) is 0 Å². The minimum Gasteiger partial charge on any atom is -0.478 e. The first-order valence-electron chi connectivity index (χ1n) is 7.27. The van der Waals surface area contributed by atoms with Crippen LogP contribution in [0.2, 0.25) is 0 Å². The summed E-state index contributed by atoms with van der Waals surface area (Å²) < 4.78 is 1.96. The number of nitro groups is 1. The number of carbonyl (C=O) groups is 1. The quantitative estimate of drug-likeness (QED) is 0.574. The first-order chi connectivity index (χ1) is 11.5. The molecule has 0 atom stereocenters. The molecule has 2 aromatic carbocycles. The molecule has 0 saturated heterocycles. The summed E-state index contributed by atoms with van der Waals surface area (Å²) in [6.07, 6.45) is 2.38. The van der Waals surface area contributed by atoms with Crippen molar-refractivity contribution in [3.8, 4) is 0 Å². The minimum absolute atomic E-state index is 0.226. The molecule has 0 bridgehead atoms. The number of nitrogens with zero attached hydrogens (tertiary/aromatic N) is 2. The second-order valence-corrected chi connectivity index (χ2v) is 5.32. The van der Waals surface area contributed by atoms with E-state index < -0.39 is 10.9 Å². The SMILES string of the molecule is O=C(O)c1ccc(Cn2c(C=C[N+](=O)[O-])cc3ccccc32)cc1. The van der Waals surface area contributed by atoms with Crippen LogP contribution in [0.1, 0.15) is 21.6 Å². The highest BCUT2D eigenvalue weighted by Crippen LogP contribution is 2.22. The maximum absolute atomic E-state index is 10.9. The molecule has 1 N–H and O–H groups in total. The van der Waals surface area contributed by atoms with Crippen LogP contribution in [0.25, 0.3) is 17.0 Å². The van der Waals surface area contributed by atoms with Crippen molar-refractivity contribution in [3.05, 3.63) is 87.7 Å². The lowest BCUT2D eigenvalue weighted by Gasteiger charge is -2.09. The Morgan fingerprint density at radius 3 is 2.54 bits per heavy atom. The molecule has 0 aliphatic carbocycles. The lowest BCUT2D eigenvalue weighted by Crippen LogP contribution is -2.03. The standard InChI is InChI=1S/C18H14N2O4/c21-18(22)14-7-5-13(6-8-14)12-19-16(9-10-20(23)24)11-15-3-1-2-4-17(15)19/h1-11H,12H2,(H,21,22). The Balaban J connectivity index is 2.01. The summed E-state index contributed by atoms with van der Waals surface area (Å²) in [5.74, 6) is -0.970. The Morgan fingerprint density at radius 2 is 1.88 bits per heavy atom. The van der Waals surface area contributed by atoms with Gasteiger partial charge >= 0.3 is 5.97 Å². The summed E-state index contributed by atoms with van der Waals surface area (Å²) in [5, 5.41) is 20.6. The van der Waals surface area contributed by atoms with E-state index in [1.54, 1.807) is 24.3 Å². The van der Waals surface area contributed by atoms with Crippen LogP contribution >= 0.6 is 0 Å². The Morgan fingerprint density at radius 1 is 1.17 bits per heavy atom. The normalized spacial score (nSPS) is 11.2. The highest BCUT2D eigenvalue weighted by molar-refractivity contribution is 5.87. The van der Waals surface area contributed by atoms with Crippen LogP contribution in [0, 0.1) is 10.1 Å². The predicted octanol–water partition coefficient (Wildman–Crippen LogP) is 3.64. The fourth-order valence-electron chi connectivity index (χ4n) is 2.62. The first kappa shape index (κ1) is 15.5. The van der Waals surface area contributed by atoms with Crippen LogP contribution in [0.3, 0.4) is 0 Å². The van der Waals surface area contributed by atoms with E-state index in [2.05, 4.69) is 0 Å². The molecule has 1 aromatic heterocycles. The van der Waals surface area contributed by atoms with E-state index in [9.17, 15) is 14.9 Å². The number of hydrogen-bond acceptors (Lipinski definition) is 3. The number of carboxylic acids is 1. The molecule has 0 aliphatic rings. The second kappa shape index (κ2) is 6.37. The van der Waals surface area contributed by atoms with Crippen LogP contribution in [-0.4, -0.2) is 20.6 Å². The molecule has 24 heavy (non-hydrogen) atoms. The van der Waals surface area contributed by atoms with Gasteiger partial charge in [-0.05, 0) is 29.8 Å². The fourth-order valence-corrected chi connectivity index (χ4v) is 2.62. The minimum atomic E-state index is -0.970. The van der Waals surface area contributed by atoms with Gasteiger partial charge in [-0.2, -0.15) is 0 Å². The lowest BCUT2D eigenvalue weighted by molar-refractivity contribution is -0.401. The molecule has 0 radical (unpaired) electrons.